The molecule has 0 radical (unpaired) electrons. The average molecular weight is 379 g/mol. The summed E-state index contributed by atoms with van der Waals surface area (Å²) in [5.41, 5.74) is 0. The van der Waals surface area contributed by atoms with Crippen molar-refractivity contribution in [1.29, 1.82) is 0 Å². The zero-order valence-corrected chi connectivity index (χ0v) is 18.2. The van der Waals surface area contributed by atoms with Crippen LogP contribution < -0.4 is 0 Å². The molecule has 0 aromatic heterocycles. The molecule has 0 heterocycles. The van der Waals surface area contributed by atoms with Crippen molar-refractivity contribution in [3.8, 4) is 0 Å². The van der Waals surface area contributed by atoms with Crippen LogP contribution in [0.4, 0.5) is 0 Å². The molecule has 0 aliphatic rings. The summed E-state index contributed by atoms with van der Waals surface area (Å²) < 4.78 is 22.8. The Labute approximate surface area is 156 Å². The standard InChI is InChI=1S/C20H43O4P/c1-6-8-10-11-13-15-20(14-12-9-7-2)17-23-25(21,22)24-19(5)16-18(3)4/h18-20H,6-17H2,1-5H3,(H,21,22). The van der Waals surface area contributed by atoms with Crippen LogP contribution in [0.15, 0.2) is 0 Å². The third-order valence-electron chi connectivity index (χ3n) is 4.52. The topological polar surface area (TPSA) is 55.8 Å². The molecule has 0 aliphatic heterocycles. The van der Waals surface area contributed by atoms with Gasteiger partial charge in [-0.3, -0.25) is 9.05 Å². The second kappa shape index (κ2) is 15.2. The Balaban J connectivity index is 4.28. The molecule has 0 aliphatic carbocycles. The first-order valence-electron chi connectivity index (χ1n) is 10.5. The van der Waals surface area contributed by atoms with Crippen molar-refractivity contribution < 1.29 is 18.5 Å². The lowest BCUT2D eigenvalue weighted by atomic mass is 9.95. The Hall–Kier alpha value is 0.110. The number of hydrogen-bond donors (Lipinski definition) is 1. The summed E-state index contributed by atoms with van der Waals surface area (Å²) in [6.07, 6.45) is 12.5. The van der Waals surface area contributed by atoms with E-state index < -0.39 is 7.82 Å². The van der Waals surface area contributed by atoms with Gasteiger partial charge in [0, 0.05) is 0 Å². The molecule has 0 aromatic rings. The maximum atomic E-state index is 12.2. The van der Waals surface area contributed by atoms with Crippen LogP contribution in [-0.4, -0.2) is 17.6 Å². The van der Waals surface area contributed by atoms with Crippen LogP contribution in [-0.2, 0) is 13.6 Å². The van der Waals surface area contributed by atoms with Crippen molar-refractivity contribution in [1.82, 2.24) is 0 Å². The first kappa shape index (κ1) is 25.1. The van der Waals surface area contributed by atoms with Gasteiger partial charge in [0.05, 0.1) is 12.7 Å². The summed E-state index contributed by atoms with van der Waals surface area (Å²) in [4.78, 5) is 9.97. The molecular weight excluding hydrogens is 335 g/mol. The van der Waals surface area contributed by atoms with E-state index in [0.717, 1.165) is 19.3 Å². The highest BCUT2D eigenvalue weighted by atomic mass is 31.2. The molecule has 0 saturated carbocycles. The van der Waals surface area contributed by atoms with E-state index in [2.05, 4.69) is 27.7 Å². The zero-order chi connectivity index (χ0) is 19.1. The molecule has 5 heteroatoms. The Kier molecular flexibility index (Phi) is 15.3. The summed E-state index contributed by atoms with van der Waals surface area (Å²) in [5, 5.41) is 0. The molecule has 3 unspecified atom stereocenters. The van der Waals surface area contributed by atoms with Crippen molar-refractivity contribution >= 4 is 7.82 Å². The van der Waals surface area contributed by atoms with Gasteiger partial charge in [-0.15, -0.1) is 0 Å². The molecule has 0 amide bonds. The van der Waals surface area contributed by atoms with Gasteiger partial charge in [-0.25, -0.2) is 4.57 Å². The Morgan fingerprint density at radius 3 is 1.96 bits per heavy atom. The fraction of sp³-hybridized carbons (Fsp3) is 1.00. The summed E-state index contributed by atoms with van der Waals surface area (Å²) in [6.45, 7) is 10.7. The van der Waals surface area contributed by atoms with E-state index in [9.17, 15) is 9.46 Å². The van der Waals surface area contributed by atoms with Gasteiger partial charge < -0.3 is 4.89 Å². The number of hydrogen-bond acceptors (Lipinski definition) is 3. The van der Waals surface area contributed by atoms with Crippen LogP contribution in [0.2, 0.25) is 0 Å². The number of phosphoric acid groups is 1. The van der Waals surface area contributed by atoms with Crippen molar-refractivity contribution in [2.24, 2.45) is 11.8 Å². The van der Waals surface area contributed by atoms with Crippen LogP contribution in [0.3, 0.4) is 0 Å². The smallest absolute Gasteiger partial charge is 0.302 e. The molecule has 0 saturated heterocycles. The largest absolute Gasteiger partial charge is 0.472 e. The Morgan fingerprint density at radius 1 is 0.880 bits per heavy atom. The van der Waals surface area contributed by atoms with E-state index >= 15 is 0 Å². The van der Waals surface area contributed by atoms with Gasteiger partial charge in [0.15, 0.2) is 0 Å². The lowest BCUT2D eigenvalue weighted by Crippen LogP contribution is -2.14. The maximum Gasteiger partial charge on any atom is 0.472 e. The number of rotatable bonds is 17. The minimum Gasteiger partial charge on any atom is -0.302 e. The SMILES string of the molecule is CCCCCCCC(CCCCC)COP(=O)(O)OC(C)CC(C)C. The van der Waals surface area contributed by atoms with Crippen molar-refractivity contribution in [2.75, 3.05) is 6.61 Å². The summed E-state index contributed by atoms with van der Waals surface area (Å²) in [7, 11) is -3.95. The van der Waals surface area contributed by atoms with E-state index in [1.54, 1.807) is 0 Å². The molecule has 25 heavy (non-hydrogen) atoms. The molecule has 0 aromatic carbocycles. The fourth-order valence-corrected chi connectivity index (χ4v) is 4.20. The Morgan fingerprint density at radius 2 is 1.40 bits per heavy atom. The van der Waals surface area contributed by atoms with Gasteiger partial charge in [0.1, 0.15) is 0 Å². The Bertz CT molecular complexity index is 347. The highest BCUT2D eigenvalue weighted by Crippen LogP contribution is 2.46. The number of unbranched alkanes of at least 4 members (excludes halogenated alkanes) is 6. The summed E-state index contributed by atoms with van der Waals surface area (Å²) in [5.74, 6) is 0.789. The van der Waals surface area contributed by atoms with Crippen LogP contribution in [0, 0.1) is 11.8 Å². The van der Waals surface area contributed by atoms with E-state index in [0.29, 0.717) is 18.4 Å². The molecule has 0 rings (SSSR count). The lowest BCUT2D eigenvalue weighted by Gasteiger charge is -2.22. The summed E-state index contributed by atoms with van der Waals surface area (Å²) >= 11 is 0. The van der Waals surface area contributed by atoms with Crippen LogP contribution in [0.25, 0.3) is 0 Å². The monoisotopic (exact) mass is 378 g/mol. The highest BCUT2D eigenvalue weighted by Gasteiger charge is 2.26. The van der Waals surface area contributed by atoms with Crippen molar-refractivity contribution in [3.05, 3.63) is 0 Å². The van der Waals surface area contributed by atoms with Crippen LogP contribution in [0.5, 0.6) is 0 Å². The molecule has 4 nitrogen and oxygen atoms in total. The molecule has 0 fully saturated rings. The van der Waals surface area contributed by atoms with E-state index in [4.69, 9.17) is 9.05 Å². The van der Waals surface area contributed by atoms with Gasteiger partial charge in [0.2, 0.25) is 0 Å². The molecule has 0 bridgehead atoms. The first-order chi connectivity index (χ1) is 11.8. The van der Waals surface area contributed by atoms with Gasteiger partial charge in [0.25, 0.3) is 0 Å². The summed E-state index contributed by atoms with van der Waals surface area (Å²) in [6, 6.07) is 0. The highest BCUT2D eigenvalue weighted by molar-refractivity contribution is 7.47. The van der Waals surface area contributed by atoms with Crippen LogP contribution in [0.1, 0.15) is 105 Å². The fourth-order valence-electron chi connectivity index (χ4n) is 3.19. The van der Waals surface area contributed by atoms with Crippen LogP contribution >= 0.6 is 7.82 Å². The quantitative estimate of drug-likeness (QED) is 0.216. The van der Waals surface area contributed by atoms with Crippen molar-refractivity contribution in [2.45, 2.75) is 111 Å². The van der Waals surface area contributed by atoms with E-state index in [1.807, 2.05) is 6.92 Å². The van der Waals surface area contributed by atoms with Gasteiger partial charge in [-0.1, -0.05) is 79.1 Å². The van der Waals surface area contributed by atoms with Gasteiger partial charge in [-0.05, 0) is 38.0 Å². The normalized spacial score (nSPS) is 16.8. The average Bonchev–Trinajstić information content (AvgIpc) is 2.50. The maximum absolute atomic E-state index is 12.2. The number of phosphoric ester groups is 1. The third-order valence-corrected chi connectivity index (χ3v) is 5.62. The van der Waals surface area contributed by atoms with Crippen molar-refractivity contribution in [3.63, 3.8) is 0 Å². The third kappa shape index (κ3) is 16.0. The zero-order valence-electron chi connectivity index (χ0n) is 17.3. The van der Waals surface area contributed by atoms with Gasteiger partial charge >= 0.3 is 7.82 Å². The second-order valence-electron chi connectivity index (χ2n) is 7.87. The molecule has 1 N–H and O–H groups in total. The second-order valence-corrected chi connectivity index (χ2v) is 9.28. The minimum atomic E-state index is -3.95. The van der Waals surface area contributed by atoms with E-state index in [-0.39, 0.29) is 6.10 Å². The predicted octanol–water partition coefficient (Wildman–Crippen LogP) is 7.11. The predicted molar refractivity (Wildman–Crippen MR) is 107 cm³/mol. The minimum absolute atomic E-state index is 0.261. The first-order valence-corrected chi connectivity index (χ1v) is 12.0. The van der Waals surface area contributed by atoms with Gasteiger partial charge in [-0.2, -0.15) is 0 Å². The molecule has 3 atom stereocenters. The lowest BCUT2D eigenvalue weighted by molar-refractivity contribution is 0.0881. The molecular formula is C20H43O4P. The molecule has 152 valence electrons. The van der Waals surface area contributed by atoms with E-state index in [1.165, 1.54) is 51.4 Å². The molecule has 0 spiro atoms.